The lowest BCUT2D eigenvalue weighted by atomic mass is 10.2. The molecule has 0 saturated heterocycles. The Kier molecular flexibility index (Phi) is 2.35. The van der Waals surface area contributed by atoms with Crippen molar-refractivity contribution in [2.24, 2.45) is 0 Å². The maximum Gasteiger partial charge on any atom is 0.421 e. The number of allylic oxidation sites excluding steroid dienone is 1. The molecule has 0 amide bonds. The summed E-state index contributed by atoms with van der Waals surface area (Å²) in [6.45, 7) is 0. The number of rotatable bonds is 0. The number of hydrogen-bond acceptors (Lipinski definition) is 2. The molecule has 1 aliphatic heterocycles. The number of phenols is 1. The van der Waals surface area contributed by atoms with Crippen LogP contribution < -0.4 is 0 Å². The molecule has 0 spiro atoms. The summed E-state index contributed by atoms with van der Waals surface area (Å²) in [7, 11) is -2.14. The van der Waals surface area contributed by atoms with Crippen LogP contribution in [0.4, 0.5) is 13.2 Å². The number of hydrogen-bond donors (Lipinski definition) is 2. The van der Waals surface area contributed by atoms with Crippen LogP contribution in [0.1, 0.15) is 5.56 Å². The molecule has 84 valence electrons. The lowest BCUT2D eigenvalue weighted by Crippen LogP contribution is -2.09. The minimum Gasteiger partial charge on any atom is -0.507 e. The van der Waals surface area contributed by atoms with Crippen molar-refractivity contribution in [2.75, 3.05) is 0 Å². The molecule has 1 aromatic rings. The highest BCUT2D eigenvalue weighted by molar-refractivity contribution is 8.24. The first-order chi connectivity index (χ1) is 7.45. The molecule has 1 heterocycles. The Bertz CT molecular complexity index is 516. The first kappa shape index (κ1) is 10.9. The molecule has 1 unspecified atom stereocenters. The maximum atomic E-state index is 12.6. The van der Waals surface area contributed by atoms with Gasteiger partial charge in [0.25, 0.3) is 0 Å². The Hall–Kier alpha value is -1.61. The highest BCUT2D eigenvalue weighted by atomic mass is 32.2. The van der Waals surface area contributed by atoms with E-state index in [0.29, 0.717) is 0 Å². The van der Waals surface area contributed by atoms with Crippen LogP contribution in [0.2, 0.25) is 0 Å². The number of phenolic OH excluding ortho intramolecular Hbond substituents is 1. The summed E-state index contributed by atoms with van der Waals surface area (Å²) in [4.78, 5) is -0.756. The molecule has 1 N–H and O–H groups in total. The summed E-state index contributed by atoms with van der Waals surface area (Å²) in [5.41, 5.74) is 0.278. The molecule has 0 aliphatic carbocycles. The molecule has 2 nitrogen and oxygen atoms in total. The van der Waals surface area contributed by atoms with Crippen LogP contribution in [0.25, 0.3) is 6.08 Å². The number of halogens is 3. The third-order valence-corrected chi connectivity index (χ3v) is 4.19. The zero-order valence-electron chi connectivity index (χ0n) is 7.78. The van der Waals surface area contributed by atoms with Crippen LogP contribution in [0, 0.1) is 10.7 Å². The summed E-state index contributed by atoms with van der Waals surface area (Å²) in [5.74, 6) is -0.249. The van der Waals surface area contributed by atoms with Gasteiger partial charge in [-0.1, -0.05) is 12.1 Å². The van der Waals surface area contributed by atoms with Gasteiger partial charge in [-0.05, 0) is 17.7 Å². The molecule has 1 aliphatic rings. The van der Waals surface area contributed by atoms with Crippen molar-refractivity contribution in [2.45, 2.75) is 11.1 Å². The van der Waals surface area contributed by atoms with Crippen LogP contribution in [0.15, 0.2) is 28.0 Å². The van der Waals surface area contributed by atoms with Crippen molar-refractivity contribution >= 4 is 17.0 Å². The van der Waals surface area contributed by atoms with E-state index in [1.807, 2.05) is 0 Å². The predicted molar refractivity (Wildman–Crippen MR) is 55.0 cm³/mol. The van der Waals surface area contributed by atoms with Gasteiger partial charge in [-0.3, -0.25) is 0 Å². The highest BCUT2D eigenvalue weighted by Gasteiger charge is 2.42. The molecule has 1 atom stereocenters. The highest BCUT2D eigenvalue weighted by Crippen LogP contribution is 2.59. The van der Waals surface area contributed by atoms with Gasteiger partial charge in [-0.15, -0.1) is 10.9 Å². The van der Waals surface area contributed by atoms with Gasteiger partial charge in [0.1, 0.15) is 11.2 Å². The van der Waals surface area contributed by atoms with Gasteiger partial charge in [-0.25, -0.2) is 0 Å². The molecular formula is C10H6F3NOS. The van der Waals surface area contributed by atoms with Gasteiger partial charge >= 0.3 is 6.18 Å². The van der Waals surface area contributed by atoms with Crippen molar-refractivity contribution in [3.05, 3.63) is 28.7 Å². The predicted octanol–water partition coefficient (Wildman–Crippen LogP) is 3.15. The Morgan fingerprint density at radius 1 is 1.31 bits per heavy atom. The number of aromatic hydroxyl groups is 1. The maximum absolute atomic E-state index is 12.6. The number of fused-ring (bicyclic) bond motifs is 1. The lowest BCUT2D eigenvalue weighted by molar-refractivity contribution is -0.0828. The quantitative estimate of drug-likeness (QED) is 0.544. The molecule has 0 saturated carbocycles. The largest absolute Gasteiger partial charge is 0.507 e. The van der Waals surface area contributed by atoms with Gasteiger partial charge < -0.3 is 5.11 Å². The van der Waals surface area contributed by atoms with E-state index >= 15 is 0 Å². The third kappa shape index (κ3) is 1.53. The molecular weight excluding hydrogens is 239 g/mol. The molecule has 0 aromatic heterocycles. The van der Waals surface area contributed by atoms with E-state index in [1.165, 1.54) is 18.2 Å². The van der Waals surface area contributed by atoms with Crippen molar-refractivity contribution in [1.29, 1.82) is 5.26 Å². The Morgan fingerprint density at radius 3 is 2.56 bits per heavy atom. The average molecular weight is 245 g/mol. The van der Waals surface area contributed by atoms with Gasteiger partial charge in [0, 0.05) is 0 Å². The Balaban J connectivity index is 2.60. The second-order valence-electron chi connectivity index (χ2n) is 3.18. The van der Waals surface area contributed by atoms with E-state index in [1.54, 1.807) is 5.40 Å². The Morgan fingerprint density at radius 2 is 2.00 bits per heavy atom. The number of thiocyanates is 1. The van der Waals surface area contributed by atoms with Crippen LogP contribution in [-0.2, 0) is 0 Å². The summed E-state index contributed by atoms with van der Waals surface area (Å²) in [5, 5.41) is 19.9. The first-order valence-corrected chi connectivity index (χ1v) is 5.60. The lowest BCUT2D eigenvalue weighted by Gasteiger charge is -2.15. The minimum absolute atomic E-state index is 0.104. The molecule has 6 heteroatoms. The normalized spacial score (nSPS) is 21.1. The molecule has 1 aromatic carbocycles. The third-order valence-electron chi connectivity index (χ3n) is 2.19. The van der Waals surface area contributed by atoms with Gasteiger partial charge in [0.15, 0.2) is 0 Å². The van der Waals surface area contributed by atoms with Crippen LogP contribution >= 0.6 is 10.9 Å². The fourth-order valence-corrected chi connectivity index (χ4v) is 3.22. The van der Waals surface area contributed by atoms with Crippen molar-refractivity contribution in [3.8, 4) is 11.2 Å². The summed E-state index contributed by atoms with van der Waals surface area (Å²) in [6, 6.07) is 4.20. The zero-order valence-corrected chi connectivity index (χ0v) is 8.68. The summed E-state index contributed by atoms with van der Waals surface area (Å²) in [6.07, 6.45) is -3.59. The number of nitriles is 1. The number of alkyl halides is 3. The molecule has 16 heavy (non-hydrogen) atoms. The number of benzene rings is 1. The number of thiol groups is 1. The Labute approximate surface area is 92.0 Å². The topological polar surface area (TPSA) is 44.0 Å². The fraction of sp³-hybridized carbons (Fsp3) is 0.100. The average Bonchev–Trinajstić information content (AvgIpc) is 2.57. The smallest absolute Gasteiger partial charge is 0.421 e. The standard InChI is InChI=1S/C10H6F3NOS/c11-10(12,13)8-4-6-2-1-3-7(15)9(6)16(8)5-14/h1-4,15-16H. The van der Waals surface area contributed by atoms with Crippen LogP contribution in [0.3, 0.4) is 0 Å². The van der Waals surface area contributed by atoms with E-state index in [4.69, 9.17) is 5.26 Å². The summed E-state index contributed by atoms with van der Waals surface area (Å²) < 4.78 is 37.8. The van der Waals surface area contributed by atoms with E-state index in [2.05, 4.69) is 0 Å². The van der Waals surface area contributed by atoms with E-state index in [-0.39, 0.29) is 16.2 Å². The van der Waals surface area contributed by atoms with E-state index < -0.39 is 22.0 Å². The van der Waals surface area contributed by atoms with Gasteiger partial charge in [0.2, 0.25) is 0 Å². The molecule has 0 radical (unpaired) electrons. The van der Waals surface area contributed by atoms with Gasteiger partial charge in [0.05, 0.1) is 9.80 Å². The summed E-state index contributed by atoms with van der Waals surface area (Å²) >= 11 is 0. The van der Waals surface area contributed by atoms with E-state index in [0.717, 1.165) is 6.08 Å². The fourth-order valence-electron chi connectivity index (χ4n) is 1.55. The number of nitrogens with zero attached hydrogens (tertiary/aromatic N) is 1. The van der Waals surface area contributed by atoms with Crippen molar-refractivity contribution in [1.82, 2.24) is 0 Å². The second-order valence-corrected chi connectivity index (χ2v) is 4.98. The molecule has 0 bridgehead atoms. The first-order valence-electron chi connectivity index (χ1n) is 4.26. The van der Waals surface area contributed by atoms with Crippen LogP contribution in [0.5, 0.6) is 5.75 Å². The second kappa shape index (κ2) is 3.46. The zero-order chi connectivity index (χ0) is 11.9. The van der Waals surface area contributed by atoms with Crippen LogP contribution in [-0.4, -0.2) is 11.3 Å². The minimum atomic E-state index is -4.52. The monoisotopic (exact) mass is 245 g/mol. The van der Waals surface area contributed by atoms with E-state index in [9.17, 15) is 18.3 Å². The van der Waals surface area contributed by atoms with Crippen molar-refractivity contribution in [3.63, 3.8) is 0 Å². The molecule has 2 rings (SSSR count). The van der Waals surface area contributed by atoms with Crippen molar-refractivity contribution < 1.29 is 18.3 Å². The van der Waals surface area contributed by atoms with Gasteiger partial charge in [-0.2, -0.15) is 18.4 Å². The SMILES string of the molecule is N#C[SH]1C(C(F)(F)F)=Cc2cccc(O)c21. The molecule has 0 fully saturated rings.